The molecule has 10 nitrogen and oxygen atoms in total. The lowest BCUT2D eigenvalue weighted by atomic mass is 10.0. The van der Waals surface area contributed by atoms with Gasteiger partial charge < -0.3 is 14.6 Å². The number of carboxylic acids is 1. The number of methoxy groups -OCH3 is 1. The van der Waals surface area contributed by atoms with Crippen molar-refractivity contribution in [3.63, 3.8) is 0 Å². The van der Waals surface area contributed by atoms with Crippen molar-refractivity contribution in [2.75, 3.05) is 13.7 Å². The third kappa shape index (κ3) is 8.13. The molecule has 0 heterocycles. The molecule has 0 bridgehead atoms. The van der Waals surface area contributed by atoms with Crippen molar-refractivity contribution in [1.82, 2.24) is 10.1 Å². The van der Waals surface area contributed by atoms with Gasteiger partial charge in [0.05, 0.1) is 28.7 Å². The van der Waals surface area contributed by atoms with Crippen molar-refractivity contribution >= 4 is 44.0 Å². The maximum atomic E-state index is 13.0. The number of aryl methyl sites for hydroxylation is 1. The molecule has 0 aromatic heterocycles. The quantitative estimate of drug-likeness (QED) is 0.211. The van der Waals surface area contributed by atoms with Gasteiger partial charge in [0.2, 0.25) is 15.9 Å². The van der Waals surface area contributed by atoms with E-state index in [1.807, 2.05) is 6.92 Å². The second-order valence-corrected chi connectivity index (χ2v) is 10.7. The molecule has 0 unspecified atom stereocenters. The number of amides is 1. The third-order valence-corrected chi connectivity index (χ3v) is 7.29. The zero-order chi connectivity index (χ0) is 27.7. The molecule has 0 aliphatic heterocycles. The van der Waals surface area contributed by atoms with Gasteiger partial charge in [-0.05, 0) is 58.2 Å². The summed E-state index contributed by atoms with van der Waals surface area (Å²) in [4.78, 5) is 23.6. The number of halogens is 1. The van der Waals surface area contributed by atoms with Crippen LogP contribution < -0.4 is 19.6 Å². The molecule has 0 fully saturated rings. The van der Waals surface area contributed by atoms with Gasteiger partial charge in [-0.1, -0.05) is 48.0 Å². The van der Waals surface area contributed by atoms with E-state index in [4.69, 9.17) is 14.6 Å². The minimum Gasteiger partial charge on any atom is -0.493 e. The van der Waals surface area contributed by atoms with E-state index in [0.717, 1.165) is 5.56 Å². The van der Waals surface area contributed by atoms with Gasteiger partial charge in [0.15, 0.2) is 18.1 Å². The first-order valence-corrected chi connectivity index (χ1v) is 13.5. The first kappa shape index (κ1) is 28.8. The minimum absolute atomic E-state index is 0.0952. The van der Waals surface area contributed by atoms with Crippen LogP contribution in [0.3, 0.4) is 0 Å². The van der Waals surface area contributed by atoms with Gasteiger partial charge in [-0.2, -0.15) is 5.10 Å². The highest BCUT2D eigenvalue weighted by Crippen LogP contribution is 2.36. The molecule has 0 saturated carbocycles. The van der Waals surface area contributed by atoms with E-state index in [1.54, 1.807) is 54.6 Å². The molecule has 3 N–H and O–H groups in total. The van der Waals surface area contributed by atoms with Crippen LogP contribution in [0.1, 0.15) is 29.2 Å². The van der Waals surface area contributed by atoms with Crippen LogP contribution in [-0.2, 0) is 19.6 Å². The van der Waals surface area contributed by atoms with Gasteiger partial charge >= 0.3 is 5.97 Å². The van der Waals surface area contributed by atoms with Gasteiger partial charge in [-0.3, -0.25) is 4.79 Å². The maximum Gasteiger partial charge on any atom is 0.341 e. The molecule has 1 amide bonds. The van der Waals surface area contributed by atoms with E-state index in [2.05, 4.69) is 31.2 Å². The molecule has 3 aromatic carbocycles. The molecule has 3 aromatic rings. The number of sulfonamides is 1. The van der Waals surface area contributed by atoms with Crippen molar-refractivity contribution in [2.45, 2.75) is 24.3 Å². The molecule has 0 radical (unpaired) electrons. The first-order valence-electron chi connectivity index (χ1n) is 11.3. The van der Waals surface area contributed by atoms with Crippen LogP contribution in [0.4, 0.5) is 0 Å². The zero-order valence-electron chi connectivity index (χ0n) is 20.5. The van der Waals surface area contributed by atoms with E-state index >= 15 is 0 Å². The molecule has 3 rings (SSSR count). The average Bonchev–Trinajstić information content (AvgIpc) is 2.88. The van der Waals surface area contributed by atoms with Crippen LogP contribution in [0, 0.1) is 6.92 Å². The number of carbonyl (C=O) groups is 2. The third-order valence-electron chi connectivity index (χ3n) is 5.21. The number of benzene rings is 3. The van der Waals surface area contributed by atoms with E-state index in [0.29, 0.717) is 15.6 Å². The Morgan fingerprint density at radius 3 is 2.42 bits per heavy atom. The van der Waals surface area contributed by atoms with Crippen molar-refractivity contribution in [2.24, 2.45) is 5.10 Å². The number of carboxylic acid groups (broad SMARTS) is 1. The van der Waals surface area contributed by atoms with E-state index < -0.39 is 34.5 Å². The van der Waals surface area contributed by atoms with Crippen molar-refractivity contribution < 1.29 is 32.6 Å². The highest BCUT2D eigenvalue weighted by Gasteiger charge is 2.23. The number of ether oxygens (including phenoxy) is 2. The Kier molecular flexibility index (Phi) is 9.99. The Hall–Kier alpha value is -3.74. The summed E-state index contributed by atoms with van der Waals surface area (Å²) in [6.45, 7) is 1.31. The van der Waals surface area contributed by atoms with Crippen LogP contribution in [0.5, 0.6) is 11.5 Å². The number of hydrogen-bond donors (Lipinski definition) is 3. The summed E-state index contributed by atoms with van der Waals surface area (Å²) >= 11 is 3.31. The summed E-state index contributed by atoms with van der Waals surface area (Å²) in [6.07, 6.45) is 1.15. The smallest absolute Gasteiger partial charge is 0.341 e. The van der Waals surface area contributed by atoms with E-state index in [-0.39, 0.29) is 22.8 Å². The van der Waals surface area contributed by atoms with E-state index in [9.17, 15) is 18.0 Å². The first-order chi connectivity index (χ1) is 18.1. The second-order valence-electron chi connectivity index (χ2n) is 8.11. The van der Waals surface area contributed by atoms with Crippen LogP contribution in [-0.4, -0.2) is 45.3 Å². The van der Waals surface area contributed by atoms with Gasteiger partial charge in [-0.15, -0.1) is 0 Å². The lowest BCUT2D eigenvalue weighted by molar-refractivity contribution is -0.139. The number of nitrogens with one attached hydrogen (secondary N) is 2. The van der Waals surface area contributed by atoms with Gasteiger partial charge in [0.25, 0.3) is 0 Å². The number of aliphatic carboxylic acids is 1. The predicted molar refractivity (Wildman–Crippen MR) is 145 cm³/mol. The SMILES string of the molecule is COc1cc(/C=N\NC(=O)C[C@@H](NS(=O)(=O)c2ccc(C)cc2)c2ccccc2)cc(Br)c1OCC(=O)O. The van der Waals surface area contributed by atoms with Gasteiger partial charge in [0, 0.05) is 6.42 Å². The fourth-order valence-electron chi connectivity index (χ4n) is 3.38. The summed E-state index contributed by atoms with van der Waals surface area (Å²) in [5.74, 6) is -1.18. The minimum atomic E-state index is -3.90. The summed E-state index contributed by atoms with van der Waals surface area (Å²) < 4.78 is 39.5. The Labute approximate surface area is 228 Å². The highest BCUT2D eigenvalue weighted by atomic mass is 79.9. The Morgan fingerprint density at radius 1 is 1.11 bits per heavy atom. The summed E-state index contributed by atoms with van der Waals surface area (Å²) in [5, 5.41) is 12.8. The number of carbonyl (C=O) groups excluding carboxylic acids is 1. The lowest BCUT2D eigenvalue weighted by Gasteiger charge is -2.18. The van der Waals surface area contributed by atoms with Gasteiger partial charge in [-0.25, -0.2) is 23.4 Å². The van der Waals surface area contributed by atoms with Crippen molar-refractivity contribution in [3.8, 4) is 11.5 Å². The summed E-state index contributed by atoms with van der Waals surface area (Å²) in [7, 11) is -2.49. The molecule has 1 atom stereocenters. The average molecular weight is 604 g/mol. The van der Waals surface area contributed by atoms with E-state index in [1.165, 1.54) is 25.5 Å². The van der Waals surface area contributed by atoms with Crippen LogP contribution in [0.2, 0.25) is 0 Å². The molecule has 200 valence electrons. The molecule has 0 saturated heterocycles. The van der Waals surface area contributed by atoms with Crippen molar-refractivity contribution in [1.29, 1.82) is 0 Å². The van der Waals surface area contributed by atoms with Crippen LogP contribution in [0.25, 0.3) is 0 Å². The largest absolute Gasteiger partial charge is 0.493 e. The zero-order valence-corrected chi connectivity index (χ0v) is 23.0. The monoisotopic (exact) mass is 603 g/mol. The van der Waals surface area contributed by atoms with Gasteiger partial charge in [0.1, 0.15) is 0 Å². The Morgan fingerprint density at radius 2 is 1.79 bits per heavy atom. The van der Waals surface area contributed by atoms with Crippen molar-refractivity contribution in [3.05, 3.63) is 87.9 Å². The maximum absolute atomic E-state index is 13.0. The Balaban J connectivity index is 1.72. The topological polar surface area (TPSA) is 143 Å². The molecule has 0 spiro atoms. The number of hydrogen-bond acceptors (Lipinski definition) is 7. The fourth-order valence-corrected chi connectivity index (χ4v) is 5.18. The molecule has 0 aliphatic rings. The Bertz CT molecular complexity index is 1410. The molecular formula is C26H26BrN3O7S. The second kappa shape index (κ2) is 13.2. The molecule has 38 heavy (non-hydrogen) atoms. The number of hydrazone groups is 1. The highest BCUT2D eigenvalue weighted by molar-refractivity contribution is 9.10. The molecule has 0 aliphatic carbocycles. The number of nitrogens with zero attached hydrogens (tertiary/aromatic N) is 1. The standard InChI is InChI=1S/C26H26BrN3O7S/c1-17-8-10-20(11-9-17)38(34,35)30-22(19-6-4-3-5-7-19)14-24(31)29-28-15-18-12-21(27)26(23(13-18)36-2)37-16-25(32)33/h3-13,15,22,30H,14,16H2,1-2H3,(H,29,31)(H,32,33)/b28-15-/t22-/m1/s1. The summed E-state index contributed by atoms with van der Waals surface area (Å²) in [6, 6.07) is 17.5. The molecular weight excluding hydrogens is 578 g/mol. The number of rotatable bonds is 12. The van der Waals surface area contributed by atoms with Crippen LogP contribution >= 0.6 is 15.9 Å². The fraction of sp³-hybridized carbons (Fsp3) is 0.192. The lowest BCUT2D eigenvalue weighted by Crippen LogP contribution is -2.32. The predicted octanol–water partition coefficient (Wildman–Crippen LogP) is 3.79. The molecule has 12 heteroatoms. The summed E-state index contributed by atoms with van der Waals surface area (Å²) in [5.41, 5.74) is 4.47. The normalized spacial score (nSPS) is 12.2. The van der Waals surface area contributed by atoms with Crippen LogP contribution in [0.15, 0.2) is 81.2 Å².